The molecule has 4 rings (SSSR count). The fourth-order valence-electron chi connectivity index (χ4n) is 3.64. The van der Waals surface area contributed by atoms with Crippen LogP contribution in [0.2, 0.25) is 5.02 Å². The number of ether oxygens (including phenoxy) is 1. The summed E-state index contributed by atoms with van der Waals surface area (Å²) < 4.78 is 5.79. The molecular weight excluding hydrogens is 436 g/mol. The van der Waals surface area contributed by atoms with Gasteiger partial charge in [-0.1, -0.05) is 11.6 Å². The first-order valence-electron chi connectivity index (χ1n) is 11.2. The van der Waals surface area contributed by atoms with Crippen molar-refractivity contribution in [2.45, 2.75) is 26.9 Å². The van der Waals surface area contributed by atoms with E-state index < -0.39 is 0 Å². The van der Waals surface area contributed by atoms with E-state index in [4.69, 9.17) is 16.3 Å². The molecule has 3 aromatic rings. The molecule has 1 aromatic heterocycles. The van der Waals surface area contributed by atoms with Crippen molar-refractivity contribution >= 4 is 40.4 Å². The zero-order chi connectivity index (χ0) is 23.4. The van der Waals surface area contributed by atoms with E-state index in [1.165, 1.54) is 5.69 Å². The first-order valence-corrected chi connectivity index (χ1v) is 11.6. The number of halogens is 1. The van der Waals surface area contributed by atoms with Gasteiger partial charge in [0, 0.05) is 61.1 Å². The molecule has 0 spiro atoms. The van der Waals surface area contributed by atoms with Gasteiger partial charge in [-0.15, -0.1) is 0 Å². The van der Waals surface area contributed by atoms with E-state index in [0.717, 1.165) is 48.9 Å². The first kappa shape index (κ1) is 23.1. The van der Waals surface area contributed by atoms with Crippen LogP contribution in [-0.2, 0) is 0 Å². The lowest BCUT2D eigenvalue weighted by molar-refractivity contribution is 0.242. The molecule has 0 amide bonds. The maximum absolute atomic E-state index is 6.26. The Hall–Kier alpha value is -3.03. The molecule has 7 nitrogen and oxygen atoms in total. The number of rotatable bonds is 7. The maximum Gasteiger partial charge on any atom is 0.229 e. The largest absolute Gasteiger partial charge is 0.489 e. The summed E-state index contributed by atoms with van der Waals surface area (Å²) in [5.74, 6) is 1.89. The Morgan fingerprint density at radius 1 is 0.970 bits per heavy atom. The van der Waals surface area contributed by atoms with Gasteiger partial charge >= 0.3 is 0 Å². The Morgan fingerprint density at radius 2 is 1.67 bits per heavy atom. The van der Waals surface area contributed by atoms with Crippen LogP contribution in [0.1, 0.15) is 19.4 Å². The molecule has 0 saturated carbocycles. The van der Waals surface area contributed by atoms with Crippen molar-refractivity contribution in [3.05, 3.63) is 59.2 Å². The highest BCUT2D eigenvalue weighted by atomic mass is 35.5. The predicted octanol–water partition coefficient (Wildman–Crippen LogP) is 5.46. The number of hydrogen-bond acceptors (Lipinski definition) is 7. The minimum atomic E-state index is 0.0389. The van der Waals surface area contributed by atoms with E-state index in [1.54, 1.807) is 6.20 Å². The summed E-state index contributed by atoms with van der Waals surface area (Å²) in [6, 6.07) is 14.0. The molecule has 1 saturated heterocycles. The van der Waals surface area contributed by atoms with Crippen LogP contribution in [0.5, 0.6) is 5.75 Å². The Kier molecular flexibility index (Phi) is 7.20. The van der Waals surface area contributed by atoms with Gasteiger partial charge in [0.15, 0.2) is 0 Å². The van der Waals surface area contributed by atoms with Crippen LogP contribution in [0.3, 0.4) is 0 Å². The lowest BCUT2D eigenvalue weighted by Crippen LogP contribution is -2.44. The lowest BCUT2D eigenvalue weighted by atomic mass is 10.2. The minimum Gasteiger partial charge on any atom is -0.489 e. The van der Waals surface area contributed by atoms with E-state index >= 15 is 0 Å². The molecule has 1 aliphatic rings. The third-order valence-corrected chi connectivity index (χ3v) is 5.83. The highest BCUT2D eigenvalue weighted by Crippen LogP contribution is 2.31. The van der Waals surface area contributed by atoms with Gasteiger partial charge in [0.05, 0.1) is 11.1 Å². The van der Waals surface area contributed by atoms with Gasteiger partial charge in [0.1, 0.15) is 11.6 Å². The van der Waals surface area contributed by atoms with E-state index in [0.29, 0.717) is 16.7 Å². The predicted molar refractivity (Wildman–Crippen MR) is 137 cm³/mol. The minimum absolute atomic E-state index is 0.0389. The highest BCUT2D eigenvalue weighted by Gasteiger charge is 2.14. The summed E-state index contributed by atoms with van der Waals surface area (Å²) in [6.45, 7) is 10.2. The molecule has 0 aliphatic carbocycles. The summed E-state index contributed by atoms with van der Waals surface area (Å²) in [5, 5.41) is 7.24. The van der Waals surface area contributed by atoms with E-state index in [1.807, 2.05) is 39.0 Å². The smallest absolute Gasteiger partial charge is 0.229 e. The number of anilines is 5. The molecule has 2 aromatic carbocycles. The van der Waals surface area contributed by atoms with Crippen molar-refractivity contribution in [2.75, 3.05) is 48.8 Å². The van der Waals surface area contributed by atoms with Crippen LogP contribution >= 0.6 is 11.6 Å². The number of piperazine rings is 1. The monoisotopic (exact) mass is 466 g/mol. The summed E-state index contributed by atoms with van der Waals surface area (Å²) in [4.78, 5) is 13.9. The van der Waals surface area contributed by atoms with Crippen molar-refractivity contribution in [3.63, 3.8) is 0 Å². The third-order valence-electron chi connectivity index (χ3n) is 5.52. The summed E-state index contributed by atoms with van der Waals surface area (Å²) in [7, 11) is 2.17. The zero-order valence-corrected chi connectivity index (χ0v) is 20.4. The van der Waals surface area contributed by atoms with E-state index in [2.05, 4.69) is 61.7 Å². The molecule has 2 N–H and O–H groups in total. The number of aryl methyl sites for hydroxylation is 1. The quantitative estimate of drug-likeness (QED) is 0.479. The Bertz CT molecular complexity index is 1080. The molecule has 0 unspecified atom stereocenters. The van der Waals surface area contributed by atoms with Crippen molar-refractivity contribution < 1.29 is 4.74 Å². The number of aromatic nitrogens is 2. The van der Waals surface area contributed by atoms with Gasteiger partial charge in [0.25, 0.3) is 0 Å². The van der Waals surface area contributed by atoms with Gasteiger partial charge in [-0.3, -0.25) is 0 Å². The van der Waals surface area contributed by atoms with Crippen molar-refractivity contribution in [2.24, 2.45) is 0 Å². The van der Waals surface area contributed by atoms with Gasteiger partial charge in [-0.25, -0.2) is 4.98 Å². The normalized spacial score (nSPS) is 14.4. The highest BCUT2D eigenvalue weighted by molar-refractivity contribution is 6.32. The van der Waals surface area contributed by atoms with E-state index in [-0.39, 0.29) is 6.10 Å². The molecule has 0 radical (unpaired) electrons. The molecule has 1 aliphatic heterocycles. The topological polar surface area (TPSA) is 65.6 Å². The second-order valence-electron chi connectivity index (χ2n) is 8.62. The zero-order valence-electron chi connectivity index (χ0n) is 19.6. The molecule has 8 heteroatoms. The Morgan fingerprint density at radius 3 is 2.36 bits per heavy atom. The van der Waals surface area contributed by atoms with Crippen molar-refractivity contribution in [1.29, 1.82) is 0 Å². The average Bonchev–Trinajstić information content (AvgIpc) is 2.79. The third kappa shape index (κ3) is 6.06. The number of benzene rings is 2. The molecule has 1 fully saturated rings. The fraction of sp³-hybridized carbons (Fsp3) is 0.360. The van der Waals surface area contributed by atoms with Crippen molar-refractivity contribution in [3.8, 4) is 5.75 Å². The number of likely N-dealkylation sites (N-methyl/N-ethyl adjacent to an activating group) is 1. The van der Waals surface area contributed by atoms with Crippen LogP contribution in [0, 0.1) is 6.92 Å². The Balaban J connectivity index is 1.45. The number of nitrogens with one attached hydrogen (secondary N) is 2. The standard InChI is InChI=1S/C25H31ClN6O/c1-17(2)33-23-15-20(7-10-22(23)26)28-24-18(3)16-27-25(30-24)29-19-5-8-21(9-6-19)32-13-11-31(4)12-14-32/h5-10,15-17H,11-14H2,1-4H3,(H2,27,28,29,30). The molecule has 174 valence electrons. The molecule has 0 bridgehead atoms. The van der Waals surface area contributed by atoms with Crippen LogP contribution in [0.25, 0.3) is 0 Å². The number of nitrogens with zero attached hydrogens (tertiary/aromatic N) is 4. The maximum atomic E-state index is 6.26. The van der Waals surface area contributed by atoms with Gasteiger partial charge in [-0.2, -0.15) is 4.98 Å². The molecule has 33 heavy (non-hydrogen) atoms. The SMILES string of the molecule is Cc1cnc(Nc2ccc(N3CCN(C)CC3)cc2)nc1Nc1ccc(Cl)c(OC(C)C)c1. The number of hydrogen-bond donors (Lipinski definition) is 2. The lowest BCUT2D eigenvalue weighted by Gasteiger charge is -2.34. The van der Waals surface area contributed by atoms with Crippen molar-refractivity contribution in [1.82, 2.24) is 14.9 Å². The first-order chi connectivity index (χ1) is 15.9. The summed E-state index contributed by atoms with van der Waals surface area (Å²) in [5.41, 5.74) is 3.97. The van der Waals surface area contributed by atoms with Crippen LogP contribution in [-0.4, -0.2) is 54.2 Å². The second kappa shape index (κ2) is 10.3. The van der Waals surface area contributed by atoms with Crippen LogP contribution < -0.4 is 20.3 Å². The van der Waals surface area contributed by atoms with Gasteiger partial charge < -0.3 is 25.2 Å². The summed E-state index contributed by atoms with van der Waals surface area (Å²) >= 11 is 6.26. The van der Waals surface area contributed by atoms with Gasteiger partial charge in [0.2, 0.25) is 5.95 Å². The second-order valence-corrected chi connectivity index (χ2v) is 9.03. The average molecular weight is 467 g/mol. The van der Waals surface area contributed by atoms with Gasteiger partial charge in [-0.05, 0) is 64.2 Å². The molecular formula is C25H31ClN6O. The Labute approximate surface area is 200 Å². The van der Waals surface area contributed by atoms with Crippen LogP contribution in [0.15, 0.2) is 48.7 Å². The van der Waals surface area contributed by atoms with E-state index in [9.17, 15) is 0 Å². The molecule has 2 heterocycles. The molecule has 0 atom stereocenters. The van der Waals surface area contributed by atoms with Crippen LogP contribution in [0.4, 0.5) is 28.8 Å². The fourth-order valence-corrected chi connectivity index (χ4v) is 3.80. The summed E-state index contributed by atoms with van der Waals surface area (Å²) in [6.07, 6.45) is 1.84.